The molecule has 0 saturated heterocycles. The molecule has 3 N–H and O–H groups in total. The lowest BCUT2D eigenvalue weighted by molar-refractivity contribution is -0.0327. The van der Waals surface area contributed by atoms with Crippen molar-refractivity contribution < 1.29 is 17.6 Å². The molecule has 0 aliphatic heterocycles. The van der Waals surface area contributed by atoms with Gasteiger partial charge in [-0.05, 0) is 33.8 Å². The number of anilines is 2. The SMILES string of the molecule is Nc1cc(Br)c(F)cc1NCCSC(F)(F)F. The maximum atomic E-state index is 13.1. The van der Waals surface area contributed by atoms with Gasteiger partial charge in [-0.15, -0.1) is 0 Å². The van der Waals surface area contributed by atoms with E-state index in [-0.39, 0.29) is 39.9 Å². The van der Waals surface area contributed by atoms with Crippen LogP contribution in [0.25, 0.3) is 0 Å². The van der Waals surface area contributed by atoms with Crippen molar-refractivity contribution in [3.8, 4) is 0 Å². The van der Waals surface area contributed by atoms with Crippen molar-refractivity contribution >= 4 is 39.1 Å². The molecule has 0 aromatic heterocycles. The minimum absolute atomic E-state index is 0.0510. The first-order valence-electron chi connectivity index (χ1n) is 4.48. The number of rotatable bonds is 4. The summed E-state index contributed by atoms with van der Waals surface area (Å²) in [4.78, 5) is 0. The molecule has 96 valence electrons. The molecular formula is C9H9BrF4N2S. The summed E-state index contributed by atoms with van der Waals surface area (Å²) in [5.74, 6) is -0.689. The fourth-order valence-corrected chi connectivity index (χ4v) is 1.86. The number of thioether (sulfide) groups is 1. The van der Waals surface area contributed by atoms with Gasteiger partial charge in [0.05, 0.1) is 15.8 Å². The first kappa shape index (κ1) is 14.4. The third kappa shape index (κ3) is 5.03. The zero-order chi connectivity index (χ0) is 13.1. The van der Waals surface area contributed by atoms with E-state index in [0.29, 0.717) is 0 Å². The van der Waals surface area contributed by atoms with Crippen molar-refractivity contribution in [2.24, 2.45) is 0 Å². The maximum Gasteiger partial charge on any atom is 0.441 e. The Labute approximate surface area is 108 Å². The van der Waals surface area contributed by atoms with Crippen molar-refractivity contribution in [3.63, 3.8) is 0 Å². The van der Waals surface area contributed by atoms with E-state index in [1.807, 2.05) is 0 Å². The molecule has 1 aromatic carbocycles. The summed E-state index contributed by atoms with van der Waals surface area (Å²) in [6, 6.07) is 2.49. The molecule has 0 atom stereocenters. The Kier molecular flexibility index (Phi) is 4.93. The highest BCUT2D eigenvalue weighted by atomic mass is 79.9. The summed E-state index contributed by atoms with van der Waals surface area (Å²) in [7, 11) is 0. The second-order valence-electron chi connectivity index (χ2n) is 3.07. The Morgan fingerprint density at radius 3 is 2.59 bits per heavy atom. The second-order valence-corrected chi connectivity index (χ2v) is 5.09. The van der Waals surface area contributed by atoms with Crippen molar-refractivity contribution in [1.29, 1.82) is 0 Å². The molecule has 2 nitrogen and oxygen atoms in total. The van der Waals surface area contributed by atoms with E-state index >= 15 is 0 Å². The van der Waals surface area contributed by atoms with Gasteiger partial charge in [0.1, 0.15) is 5.82 Å². The zero-order valence-corrected chi connectivity index (χ0v) is 10.8. The fourth-order valence-electron chi connectivity index (χ4n) is 1.07. The molecule has 1 aromatic rings. The van der Waals surface area contributed by atoms with E-state index in [1.165, 1.54) is 6.07 Å². The van der Waals surface area contributed by atoms with Crippen molar-refractivity contribution in [1.82, 2.24) is 0 Å². The highest BCUT2D eigenvalue weighted by molar-refractivity contribution is 9.10. The Morgan fingerprint density at radius 1 is 1.35 bits per heavy atom. The molecule has 0 saturated carbocycles. The van der Waals surface area contributed by atoms with E-state index < -0.39 is 11.3 Å². The smallest absolute Gasteiger partial charge is 0.397 e. The van der Waals surface area contributed by atoms with Crippen LogP contribution in [0.15, 0.2) is 16.6 Å². The molecule has 0 amide bonds. The van der Waals surface area contributed by atoms with Gasteiger partial charge in [-0.3, -0.25) is 0 Å². The van der Waals surface area contributed by atoms with E-state index in [4.69, 9.17) is 5.73 Å². The normalized spacial score (nSPS) is 11.6. The van der Waals surface area contributed by atoms with Crippen molar-refractivity contribution in [3.05, 3.63) is 22.4 Å². The quantitative estimate of drug-likeness (QED) is 0.500. The topological polar surface area (TPSA) is 38.0 Å². The number of nitrogens with two attached hydrogens (primary N) is 1. The molecular weight excluding hydrogens is 324 g/mol. The van der Waals surface area contributed by atoms with Crippen molar-refractivity contribution in [2.45, 2.75) is 5.51 Å². The van der Waals surface area contributed by atoms with Crippen LogP contribution in [0, 0.1) is 5.82 Å². The molecule has 1 rings (SSSR count). The largest absolute Gasteiger partial charge is 0.441 e. The Hall–Kier alpha value is -0.630. The molecule has 17 heavy (non-hydrogen) atoms. The summed E-state index contributed by atoms with van der Waals surface area (Å²) in [6.07, 6.45) is 0. The lowest BCUT2D eigenvalue weighted by Crippen LogP contribution is -2.10. The summed E-state index contributed by atoms with van der Waals surface area (Å²) >= 11 is 2.81. The predicted molar refractivity (Wildman–Crippen MR) is 65.5 cm³/mol. The van der Waals surface area contributed by atoms with Gasteiger partial charge in [0.25, 0.3) is 0 Å². The molecule has 0 unspecified atom stereocenters. The number of nitrogens with one attached hydrogen (secondary N) is 1. The molecule has 0 aliphatic carbocycles. The van der Waals surface area contributed by atoms with Gasteiger partial charge in [-0.1, -0.05) is 0 Å². The monoisotopic (exact) mass is 332 g/mol. The standard InChI is InChI=1S/C9H9BrF4N2S/c10-5-3-7(15)8(4-6(5)11)16-1-2-17-9(12,13)14/h3-4,16H,1-2,15H2. The zero-order valence-electron chi connectivity index (χ0n) is 8.44. The van der Waals surface area contributed by atoms with Gasteiger partial charge < -0.3 is 11.1 Å². The molecule has 0 radical (unpaired) electrons. The van der Waals surface area contributed by atoms with Crippen LogP contribution in [0.1, 0.15) is 0 Å². The Bertz CT molecular complexity index is 397. The summed E-state index contributed by atoms with van der Waals surface area (Å²) in [5.41, 5.74) is 1.88. The number of benzene rings is 1. The minimum atomic E-state index is -4.25. The third-order valence-corrected chi connectivity index (χ3v) is 3.12. The molecule has 0 heterocycles. The van der Waals surface area contributed by atoms with E-state index in [2.05, 4.69) is 21.2 Å². The number of alkyl halides is 3. The Morgan fingerprint density at radius 2 is 2.00 bits per heavy atom. The fraction of sp³-hybridized carbons (Fsp3) is 0.333. The summed E-state index contributed by atoms with van der Waals surface area (Å²) in [5, 5.41) is 2.65. The minimum Gasteiger partial charge on any atom is -0.397 e. The molecule has 0 fully saturated rings. The van der Waals surface area contributed by atoms with E-state index in [0.717, 1.165) is 6.07 Å². The van der Waals surface area contributed by atoms with Crippen LogP contribution >= 0.6 is 27.7 Å². The number of halogens is 5. The van der Waals surface area contributed by atoms with Crippen LogP contribution in [0.5, 0.6) is 0 Å². The van der Waals surface area contributed by atoms with Gasteiger partial charge in [0, 0.05) is 18.4 Å². The van der Waals surface area contributed by atoms with Crippen LogP contribution in [-0.4, -0.2) is 17.8 Å². The van der Waals surface area contributed by atoms with Gasteiger partial charge >= 0.3 is 5.51 Å². The van der Waals surface area contributed by atoms with Crippen LogP contribution in [0.2, 0.25) is 0 Å². The summed E-state index contributed by atoms with van der Waals surface area (Å²) in [6.45, 7) is 0.0510. The molecule has 0 spiro atoms. The maximum absolute atomic E-state index is 13.1. The van der Waals surface area contributed by atoms with Gasteiger partial charge in [0.2, 0.25) is 0 Å². The molecule has 8 heteroatoms. The lowest BCUT2D eigenvalue weighted by Gasteiger charge is -2.10. The van der Waals surface area contributed by atoms with Crippen LogP contribution in [-0.2, 0) is 0 Å². The Balaban J connectivity index is 2.50. The highest BCUT2D eigenvalue weighted by Gasteiger charge is 2.27. The first-order valence-corrected chi connectivity index (χ1v) is 6.26. The predicted octanol–water partition coefficient (Wildman–Crippen LogP) is 3.84. The van der Waals surface area contributed by atoms with Gasteiger partial charge in [-0.2, -0.15) is 13.2 Å². The number of hydrogen-bond acceptors (Lipinski definition) is 3. The highest BCUT2D eigenvalue weighted by Crippen LogP contribution is 2.30. The molecule has 0 aliphatic rings. The van der Waals surface area contributed by atoms with Gasteiger partial charge in [0.15, 0.2) is 0 Å². The van der Waals surface area contributed by atoms with Gasteiger partial charge in [-0.25, -0.2) is 4.39 Å². The number of hydrogen-bond donors (Lipinski definition) is 2. The average Bonchev–Trinajstić information content (AvgIpc) is 2.18. The molecule has 0 bridgehead atoms. The third-order valence-electron chi connectivity index (χ3n) is 1.78. The summed E-state index contributed by atoms with van der Waals surface area (Å²) < 4.78 is 48.8. The van der Waals surface area contributed by atoms with Crippen LogP contribution in [0.4, 0.5) is 28.9 Å². The van der Waals surface area contributed by atoms with E-state index in [9.17, 15) is 17.6 Å². The van der Waals surface area contributed by atoms with Crippen molar-refractivity contribution in [2.75, 3.05) is 23.3 Å². The first-order chi connectivity index (χ1) is 7.79. The van der Waals surface area contributed by atoms with Crippen LogP contribution in [0.3, 0.4) is 0 Å². The van der Waals surface area contributed by atoms with E-state index in [1.54, 1.807) is 0 Å². The lowest BCUT2D eigenvalue weighted by atomic mass is 10.2. The van der Waals surface area contributed by atoms with Crippen LogP contribution < -0.4 is 11.1 Å². The number of nitrogen functional groups attached to an aromatic ring is 1. The average molecular weight is 333 g/mol. The second kappa shape index (κ2) is 5.81.